The summed E-state index contributed by atoms with van der Waals surface area (Å²) < 4.78 is 0. The topological polar surface area (TPSA) is 31.4 Å². The fraction of sp³-hybridized carbons (Fsp3) is 0.577. The largest absolute Gasteiger partial charge is 0.371 e. The van der Waals surface area contributed by atoms with Gasteiger partial charge < -0.3 is 10.2 Å². The molecule has 0 unspecified atom stereocenters. The molecule has 1 aliphatic carbocycles. The van der Waals surface area contributed by atoms with Gasteiger partial charge in [-0.15, -0.1) is 0 Å². The van der Waals surface area contributed by atoms with Gasteiger partial charge in [0.05, 0.1) is 11.7 Å². The number of likely N-dealkylation sites (N-methyl/N-ethyl adjacent to an activating group) is 1. The Morgan fingerprint density at radius 3 is 2.87 bits per heavy atom. The Kier molecular flexibility index (Phi) is 5.79. The molecule has 0 amide bonds. The first-order chi connectivity index (χ1) is 14.7. The Morgan fingerprint density at radius 2 is 2.00 bits per heavy atom. The maximum atomic E-state index is 4.86. The van der Waals surface area contributed by atoms with Crippen LogP contribution in [0.5, 0.6) is 0 Å². The number of hydrogen-bond acceptors (Lipinski definition) is 4. The molecule has 4 heteroatoms. The van der Waals surface area contributed by atoms with Crippen molar-refractivity contribution in [3.63, 3.8) is 0 Å². The summed E-state index contributed by atoms with van der Waals surface area (Å²) in [4.78, 5) is 10.1. The zero-order valence-electron chi connectivity index (χ0n) is 18.7. The summed E-state index contributed by atoms with van der Waals surface area (Å²) in [5, 5.41) is 3.83. The minimum absolute atomic E-state index is 0.454. The Morgan fingerprint density at radius 1 is 1.13 bits per heavy atom. The molecule has 1 N–H and O–H groups in total. The highest BCUT2D eigenvalue weighted by atomic mass is 15.2. The number of nitrogens with one attached hydrogen (secondary N) is 1. The minimum atomic E-state index is 0.454. The number of nitrogens with zero attached hydrogens (tertiary/aromatic N) is 3. The van der Waals surface area contributed by atoms with Gasteiger partial charge in [-0.25, -0.2) is 0 Å². The molecule has 0 saturated carbocycles. The Labute approximate surface area is 181 Å². The standard InChI is InChI=1S/C26H36N4/c1-19-14-20-8-6-11-25(26(20)28-16-19)29(2)18-22-15-23-21(17-27-22)9-7-10-24(23)30-12-4-3-5-13-30/h7,9-10,14,16,22,25,27H,3-6,8,11-13,15,17-18H2,1-2H3/t22-,25-/m0/s1. The molecular weight excluding hydrogens is 368 g/mol. The predicted octanol–water partition coefficient (Wildman–Crippen LogP) is 4.40. The minimum Gasteiger partial charge on any atom is -0.371 e. The van der Waals surface area contributed by atoms with Crippen LogP contribution in [0.1, 0.15) is 66.1 Å². The van der Waals surface area contributed by atoms with E-state index >= 15 is 0 Å². The Bertz CT molecular complexity index is 887. The second kappa shape index (κ2) is 8.68. The summed E-state index contributed by atoms with van der Waals surface area (Å²) in [5.74, 6) is 0. The van der Waals surface area contributed by atoms with E-state index < -0.39 is 0 Å². The van der Waals surface area contributed by atoms with Crippen LogP contribution in [-0.4, -0.2) is 42.6 Å². The van der Waals surface area contributed by atoms with Crippen LogP contribution in [0, 0.1) is 6.92 Å². The summed E-state index contributed by atoms with van der Waals surface area (Å²) in [5.41, 5.74) is 8.66. The molecule has 5 rings (SSSR count). The number of aryl methyl sites for hydroxylation is 2. The molecule has 1 aromatic carbocycles. The molecule has 1 fully saturated rings. The third-order valence-electron chi connectivity index (χ3n) is 7.39. The highest BCUT2D eigenvalue weighted by Gasteiger charge is 2.29. The zero-order chi connectivity index (χ0) is 20.5. The van der Waals surface area contributed by atoms with E-state index in [9.17, 15) is 0 Å². The van der Waals surface area contributed by atoms with Crippen LogP contribution in [0.15, 0.2) is 30.5 Å². The van der Waals surface area contributed by atoms with Crippen LogP contribution in [-0.2, 0) is 19.4 Å². The maximum absolute atomic E-state index is 4.86. The fourth-order valence-electron chi connectivity index (χ4n) is 5.82. The lowest BCUT2D eigenvalue weighted by Gasteiger charge is -2.38. The molecule has 1 aromatic heterocycles. The second-order valence-electron chi connectivity index (χ2n) is 9.65. The van der Waals surface area contributed by atoms with Crippen LogP contribution >= 0.6 is 0 Å². The number of aromatic nitrogens is 1. The van der Waals surface area contributed by atoms with E-state index in [-0.39, 0.29) is 0 Å². The number of pyridine rings is 1. The first-order valence-corrected chi connectivity index (χ1v) is 11.9. The van der Waals surface area contributed by atoms with Gasteiger partial charge in [0.2, 0.25) is 0 Å². The summed E-state index contributed by atoms with van der Waals surface area (Å²) in [6.45, 7) is 6.67. The van der Waals surface area contributed by atoms with Gasteiger partial charge in [-0.2, -0.15) is 0 Å². The van der Waals surface area contributed by atoms with Gasteiger partial charge in [0.1, 0.15) is 0 Å². The van der Waals surface area contributed by atoms with Crippen molar-refractivity contribution < 1.29 is 0 Å². The highest BCUT2D eigenvalue weighted by molar-refractivity contribution is 5.58. The van der Waals surface area contributed by atoms with Crippen LogP contribution in [0.3, 0.4) is 0 Å². The van der Waals surface area contributed by atoms with E-state index in [1.54, 1.807) is 5.56 Å². The van der Waals surface area contributed by atoms with Gasteiger partial charge in [0.25, 0.3) is 0 Å². The number of piperidine rings is 1. The van der Waals surface area contributed by atoms with Gasteiger partial charge in [-0.1, -0.05) is 18.2 Å². The van der Waals surface area contributed by atoms with Crippen molar-refractivity contribution in [2.24, 2.45) is 0 Å². The fourth-order valence-corrected chi connectivity index (χ4v) is 5.82. The maximum Gasteiger partial charge on any atom is 0.0607 e. The summed E-state index contributed by atoms with van der Waals surface area (Å²) >= 11 is 0. The first-order valence-electron chi connectivity index (χ1n) is 11.9. The zero-order valence-corrected chi connectivity index (χ0v) is 18.7. The van der Waals surface area contributed by atoms with Crippen LogP contribution in [0.25, 0.3) is 0 Å². The van der Waals surface area contributed by atoms with Crippen molar-refractivity contribution in [2.45, 2.75) is 70.5 Å². The Balaban J connectivity index is 1.31. The number of fused-ring (bicyclic) bond motifs is 2. The molecular formula is C26H36N4. The molecule has 4 nitrogen and oxygen atoms in total. The molecule has 2 atom stereocenters. The van der Waals surface area contributed by atoms with Crippen molar-refractivity contribution in [1.29, 1.82) is 0 Å². The molecule has 2 aliphatic heterocycles. The molecule has 3 aliphatic rings. The molecule has 2 aromatic rings. The van der Waals surface area contributed by atoms with Gasteiger partial charge in [0, 0.05) is 44.1 Å². The van der Waals surface area contributed by atoms with Gasteiger partial charge in [-0.05, 0) is 87.2 Å². The van der Waals surface area contributed by atoms with Crippen molar-refractivity contribution >= 4 is 5.69 Å². The predicted molar refractivity (Wildman–Crippen MR) is 124 cm³/mol. The number of rotatable bonds is 4. The quantitative estimate of drug-likeness (QED) is 0.818. The van der Waals surface area contributed by atoms with E-state index in [0.29, 0.717) is 12.1 Å². The van der Waals surface area contributed by atoms with E-state index in [1.807, 2.05) is 6.20 Å². The van der Waals surface area contributed by atoms with E-state index in [1.165, 1.54) is 79.7 Å². The lowest BCUT2D eigenvalue weighted by molar-refractivity contribution is 0.191. The van der Waals surface area contributed by atoms with Gasteiger partial charge in [-0.3, -0.25) is 9.88 Å². The van der Waals surface area contributed by atoms with E-state index in [4.69, 9.17) is 4.98 Å². The summed E-state index contributed by atoms with van der Waals surface area (Å²) in [7, 11) is 2.30. The smallest absolute Gasteiger partial charge is 0.0607 e. The SMILES string of the molecule is Cc1cnc2c(c1)CCC[C@@H]2N(C)C[C@@H]1Cc2c(cccc2N2CCCCC2)CN1. The van der Waals surface area contributed by atoms with Crippen molar-refractivity contribution in [3.05, 3.63) is 58.4 Å². The van der Waals surface area contributed by atoms with Crippen LogP contribution < -0.4 is 10.2 Å². The van der Waals surface area contributed by atoms with E-state index in [2.05, 4.69) is 53.4 Å². The molecule has 160 valence electrons. The third-order valence-corrected chi connectivity index (χ3v) is 7.39. The molecule has 3 heterocycles. The van der Waals surface area contributed by atoms with Crippen molar-refractivity contribution in [2.75, 3.05) is 31.6 Å². The molecule has 1 saturated heterocycles. The average Bonchev–Trinajstić information content (AvgIpc) is 2.78. The monoisotopic (exact) mass is 404 g/mol. The molecule has 0 bridgehead atoms. The summed E-state index contributed by atoms with van der Waals surface area (Å²) in [6, 6.07) is 10.2. The van der Waals surface area contributed by atoms with E-state index in [0.717, 1.165) is 19.5 Å². The molecule has 30 heavy (non-hydrogen) atoms. The number of anilines is 1. The highest BCUT2D eigenvalue weighted by Crippen LogP contribution is 2.34. The van der Waals surface area contributed by atoms with Crippen molar-refractivity contribution in [3.8, 4) is 0 Å². The van der Waals surface area contributed by atoms with Crippen LogP contribution in [0.2, 0.25) is 0 Å². The summed E-state index contributed by atoms with van der Waals surface area (Å²) in [6.07, 6.45) is 10.9. The second-order valence-corrected chi connectivity index (χ2v) is 9.65. The lowest BCUT2D eigenvalue weighted by atomic mass is 9.89. The Hall–Kier alpha value is -1.91. The average molecular weight is 405 g/mol. The van der Waals surface area contributed by atoms with Crippen molar-refractivity contribution in [1.82, 2.24) is 15.2 Å². The number of hydrogen-bond donors (Lipinski definition) is 1. The van der Waals surface area contributed by atoms with Crippen LogP contribution in [0.4, 0.5) is 5.69 Å². The first kappa shape index (κ1) is 20.0. The van der Waals surface area contributed by atoms with Gasteiger partial charge in [0.15, 0.2) is 0 Å². The normalized spacial score (nSPS) is 23.9. The third kappa shape index (κ3) is 4.00. The van der Waals surface area contributed by atoms with Gasteiger partial charge >= 0.3 is 0 Å². The molecule has 0 radical (unpaired) electrons. The lowest BCUT2D eigenvalue weighted by Crippen LogP contribution is -2.45. The number of benzene rings is 1. The molecule has 0 spiro atoms.